The smallest absolute Gasteiger partial charge is 0.255 e. The van der Waals surface area contributed by atoms with E-state index in [1.807, 2.05) is 41.5 Å². The van der Waals surface area contributed by atoms with Crippen molar-refractivity contribution >= 4 is 11.8 Å². The summed E-state index contributed by atoms with van der Waals surface area (Å²) in [5.74, 6) is -1.00. The first kappa shape index (κ1) is 23.3. The molecular formula is C24H32N2O4. The molecular weight excluding hydrogens is 380 g/mol. The van der Waals surface area contributed by atoms with Crippen molar-refractivity contribution in [3.63, 3.8) is 0 Å². The van der Waals surface area contributed by atoms with E-state index in [9.17, 15) is 19.8 Å². The van der Waals surface area contributed by atoms with Gasteiger partial charge in [0.15, 0.2) is 0 Å². The molecule has 6 heteroatoms. The van der Waals surface area contributed by atoms with Gasteiger partial charge in [-0.05, 0) is 46.2 Å². The second kappa shape index (κ2) is 8.78. The number of hydrogen-bond acceptors (Lipinski definition) is 4. The zero-order valence-electron chi connectivity index (χ0n) is 18.6. The second-order valence-electron chi connectivity index (χ2n) is 9.48. The molecule has 0 spiro atoms. The zero-order chi connectivity index (χ0) is 22.7. The van der Waals surface area contributed by atoms with E-state index in [-0.39, 0.29) is 46.5 Å². The summed E-state index contributed by atoms with van der Waals surface area (Å²) in [6.45, 7) is 12.5. The molecule has 0 heterocycles. The van der Waals surface area contributed by atoms with Crippen molar-refractivity contribution < 1.29 is 19.8 Å². The molecule has 2 aromatic carbocycles. The van der Waals surface area contributed by atoms with Gasteiger partial charge in [-0.25, -0.2) is 0 Å². The predicted octanol–water partition coefficient (Wildman–Crippen LogP) is 3.85. The van der Waals surface area contributed by atoms with Crippen LogP contribution in [0.5, 0.6) is 11.5 Å². The highest BCUT2D eigenvalue weighted by atomic mass is 16.3. The Labute approximate surface area is 178 Å². The molecule has 0 saturated heterocycles. The van der Waals surface area contributed by atoms with Crippen molar-refractivity contribution in [1.82, 2.24) is 10.6 Å². The second-order valence-corrected chi connectivity index (χ2v) is 9.48. The van der Waals surface area contributed by atoms with Gasteiger partial charge < -0.3 is 20.8 Å². The van der Waals surface area contributed by atoms with E-state index in [2.05, 4.69) is 10.6 Å². The topological polar surface area (TPSA) is 98.7 Å². The highest BCUT2D eigenvalue weighted by Crippen LogP contribution is 2.28. The molecule has 2 amide bonds. The summed E-state index contributed by atoms with van der Waals surface area (Å²) < 4.78 is 0. The highest BCUT2D eigenvalue weighted by molar-refractivity contribution is 5.98. The molecule has 4 N–H and O–H groups in total. The molecule has 2 rings (SSSR count). The number of carbonyl (C=O) groups is 2. The summed E-state index contributed by atoms with van der Waals surface area (Å²) in [5.41, 5.74) is 1.97. The average Bonchev–Trinajstić information content (AvgIpc) is 2.63. The fourth-order valence-corrected chi connectivity index (χ4v) is 2.91. The van der Waals surface area contributed by atoms with Gasteiger partial charge in [0.25, 0.3) is 11.8 Å². The maximum absolute atomic E-state index is 12.4. The maximum Gasteiger partial charge on any atom is 0.255 e. The summed E-state index contributed by atoms with van der Waals surface area (Å²) in [4.78, 5) is 24.9. The van der Waals surface area contributed by atoms with Crippen molar-refractivity contribution in [2.24, 2.45) is 0 Å². The molecule has 0 radical (unpaired) electrons. The van der Waals surface area contributed by atoms with Crippen LogP contribution >= 0.6 is 0 Å². The predicted molar refractivity (Wildman–Crippen MR) is 118 cm³/mol. The van der Waals surface area contributed by atoms with Crippen LogP contribution in [-0.4, -0.2) is 35.1 Å². The van der Waals surface area contributed by atoms with Crippen LogP contribution in [-0.2, 0) is 10.8 Å². The molecule has 0 aliphatic carbocycles. The fourth-order valence-electron chi connectivity index (χ4n) is 2.91. The van der Waals surface area contributed by atoms with Gasteiger partial charge in [0.2, 0.25) is 0 Å². The Morgan fingerprint density at radius 3 is 1.33 bits per heavy atom. The molecule has 0 aliphatic heterocycles. The van der Waals surface area contributed by atoms with Crippen LogP contribution in [0.3, 0.4) is 0 Å². The summed E-state index contributed by atoms with van der Waals surface area (Å²) in [6, 6.07) is 9.98. The lowest BCUT2D eigenvalue weighted by Crippen LogP contribution is -2.35. The minimum absolute atomic E-state index is 0.0894. The van der Waals surface area contributed by atoms with E-state index in [4.69, 9.17) is 0 Å². The zero-order valence-corrected chi connectivity index (χ0v) is 18.6. The van der Waals surface area contributed by atoms with Gasteiger partial charge in [-0.1, -0.05) is 53.7 Å². The number of rotatable bonds is 5. The van der Waals surface area contributed by atoms with Gasteiger partial charge >= 0.3 is 0 Å². The van der Waals surface area contributed by atoms with Crippen molar-refractivity contribution in [3.05, 3.63) is 58.7 Å². The van der Waals surface area contributed by atoms with E-state index in [0.29, 0.717) is 0 Å². The van der Waals surface area contributed by atoms with Gasteiger partial charge in [-0.2, -0.15) is 0 Å². The Morgan fingerprint density at radius 1 is 0.700 bits per heavy atom. The van der Waals surface area contributed by atoms with E-state index in [1.165, 1.54) is 12.1 Å². The number of hydrogen-bond donors (Lipinski definition) is 4. The van der Waals surface area contributed by atoms with E-state index in [0.717, 1.165) is 11.1 Å². The molecule has 0 aromatic heterocycles. The number of aromatic hydroxyl groups is 2. The largest absolute Gasteiger partial charge is 0.507 e. The number of amides is 2. The molecule has 0 saturated carbocycles. The van der Waals surface area contributed by atoms with Gasteiger partial charge in [-0.15, -0.1) is 0 Å². The molecule has 0 bridgehead atoms. The average molecular weight is 413 g/mol. The third-order valence-corrected chi connectivity index (χ3v) is 4.91. The van der Waals surface area contributed by atoms with Gasteiger partial charge in [0, 0.05) is 13.1 Å². The fraction of sp³-hybridized carbons (Fsp3) is 0.417. The van der Waals surface area contributed by atoms with Crippen molar-refractivity contribution in [2.75, 3.05) is 13.1 Å². The van der Waals surface area contributed by atoms with Crippen molar-refractivity contribution in [1.29, 1.82) is 0 Å². The first-order valence-electron chi connectivity index (χ1n) is 10.0. The van der Waals surface area contributed by atoms with Crippen LogP contribution in [0.1, 0.15) is 73.4 Å². The number of carbonyl (C=O) groups excluding carboxylic acids is 2. The summed E-state index contributed by atoms with van der Waals surface area (Å²) in [7, 11) is 0. The summed E-state index contributed by atoms with van der Waals surface area (Å²) in [5, 5.41) is 25.5. The molecule has 0 atom stereocenters. The third-order valence-electron chi connectivity index (χ3n) is 4.91. The number of benzene rings is 2. The van der Waals surface area contributed by atoms with Crippen LogP contribution in [0.2, 0.25) is 0 Å². The Hall–Kier alpha value is -3.02. The molecule has 30 heavy (non-hydrogen) atoms. The Bertz CT molecular complexity index is 860. The molecule has 6 nitrogen and oxygen atoms in total. The molecule has 0 fully saturated rings. The number of nitrogens with one attached hydrogen (secondary N) is 2. The third kappa shape index (κ3) is 5.75. The number of phenols is 2. The van der Waals surface area contributed by atoms with Gasteiger partial charge in [0.1, 0.15) is 11.5 Å². The van der Waals surface area contributed by atoms with Crippen molar-refractivity contribution in [2.45, 2.75) is 52.4 Å². The summed E-state index contributed by atoms with van der Waals surface area (Å²) in [6.07, 6.45) is 0. The quantitative estimate of drug-likeness (QED) is 0.561. The molecule has 162 valence electrons. The number of phenolic OH excluding ortho intramolecular Hbond substituents is 2. The maximum atomic E-state index is 12.4. The van der Waals surface area contributed by atoms with Crippen LogP contribution in [0, 0.1) is 0 Å². The first-order valence-corrected chi connectivity index (χ1v) is 10.0. The van der Waals surface area contributed by atoms with Gasteiger partial charge in [0.05, 0.1) is 11.1 Å². The Balaban J connectivity index is 1.97. The van der Waals surface area contributed by atoms with Crippen LogP contribution in [0.25, 0.3) is 0 Å². The molecule has 2 aromatic rings. The minimum atomic E-state index is -0.412. The van der Waals surface area contributed by atoms with E-state index >= 15 is 0 Å². The van der Waals surface area contributed by atoms with Crippen LogP contribution < -0.4 is 10.6 Å². The van der Waals surface area contributed by atoms with Crippen LogP contribution in [0.4, 0.5) is 0 Å². The Kier molecular flexibility index (Phi) is 6.80. The lowest BCUT2D eigenvalue weighted by atomic mass is 9.86. The summed E-state index contributed by atoms with van der Waals surface area (Å²) >= 11 is 0. The lowest BCUT2D eigenvalue weighted by molar-refractivity contribution is 0.0924. The SMILES string of the molecule is CC(C)(C)c1ccc(O)c(C(=O)NCCNC(=O)c2cc(C(C)(C)C)ccc2O)c1. The molecule has 0 unspecified atom stereocenters. The first-order chi connectivity index (χ1) is 13.8. The normalized spacial score (nSPS) is 11.8. The van der Waals surface area contributed by atoms with Gasteiger partial charge in [-0.3, -0.25) is 9.59 Å². The highest BCUT2D eigenvalue weighted by Gasteiger charge is 2.20. The standard InChI is InChI=1S/C24H32N2O4/c1-23(2,3)15-7-9-19(27)17(13-15)21(29)25-11-12-26-22(30)18-14-16(24(4,5)6)8-10-20(18)28/h7-10,13-14,27-28H,11-12H2,1-6H3,(H,25,29)(H,26,30). The molecule has 0 aliphatic rings. The van der Waals surface area contributed by atoms with E-state index in [1.54, 1.807) is 24.3 Å². The minimum Gasteiger partial charge on any atom is -0.507 e. The van der Waals surface area contributed by atoms with E-state index < -0.39 is 11.8 Å². The monoisotopic (exact) mass is 412 g/mol. The Morgan fingerprint density at radius 2 is 1.03 bits per heavy atom. The van der Waals surface area contributed by atoms with Crippen LogP contribution in [0.15, 0.2) is 36.4 Å². The van der Waals surface area contributed by atoms with Crippen molar-refractivity contribution in [3.8, 4) is 11.5 Å². The lowest BCUT2D eigenvalue weighted by Gasteiger charge is -2.20.